The van der Waals surface area contributed by atoms with Crippen LogP contribution in [0.5, 0.6) is 0 Å². The maximum absolute atomic E-state index is 13.5. The van der Waals surface area contributed by atoms with Gasteiger partial charge < -0.3 is 10.3 Å². The fraction of sp³-hybridized carbons (Fsp3) is 0.250. The molecule has 3 aromatic rings. The molecule has 0 fully saturated rings. The molecule has 2 heterocycles. The van der Waals surface area contributed by atoms with E-state index >= 15 is 0 Å². The van der Waals surface area contributed by atoms with E-state index in [0.717, 1.165) is 22.3 Å². The van der Waals surface area contributed by atoms with Gasteiger partial charge in [-0.3, -0.25) is 0 Å². The fourth-order valence-corrected chi connectivity index (χ4v) is 2.44. The van der Waals surface area contributed by atoms with Gasteiger partial charge in [0.15, 0.2) is 5.65 Å². The molecule has 3 rings (SSSR count). The second-order valence-corrected chi connectivity index (χ2v) is 5.26. The van der Waals surface area contributed by atoms with Crippen molar-refractivity contribution in [3.05, 3.63) is 47.9 Å². The Morgan fingerprint density at radius 2 is 2.14 bits per heavy atom. The lowest BCUT2D eigenvalue weighted by Gasteiger charge is -2.15. The number of halogens is 1. The van der Waals surface area contributed by atoms with Crippen LogP contribution in [-0.4, -0.2) is 21.1 Å². The van der Waals surface area contributed by atoms with Gasteiger partial charge in [-0.25, -0.2) is 14.4 Å². The molecule has 0 aliphatic heterocycles. The molecule has 0 aliphatic carbocycles. The Balaban J connectivity index is 2.30. The first kappa shape index (κ1) is 13.7. The molecule has 0 spiro atoms. The SMILES string of the molecule is Cc1cnc2c(c1)nc(-c1cccc(F)c1)n2C(C)CN. The van der Waals surface area contributed by atoms with Crippen molar-refractivity contribution < 1.29 is 4.39 Å². The Kier molecular flexibility index (Phi) is 3.43. The highest BCUT2D eigenvalue weighted by molar-refractivity contribution is 5.78. The van der Waals surface area contributed by atoms with Gasteiger partial charge in [-0.1, -0.05) is 12.1 Å². The highest BCUT2D eigenvalue weighted by Gasteiger charge is 2.17. The van der Waals surface area contributed by atoms with Crippen LogP contribution in [0.4, 0.5) is 4.39 Å². The number of aromatic nitrogens is 3. The third-order valence-corrected chi connectivity index (χ3v) is 3.53. The smallest absolute Gasteiger partial charge is 0.160 e. The molecule has 5 heteroatoms. The highest BCUT2D eigenvalue weighted by Crippen LogP contribution is 2.27. The van der Waals surface area contributed by atoms with E-state index in [0.29, 0.717) is 12.4 Å². The summed E-state index contributed by atoms with van der Waals surface area (Å²) in [6, 6.07) is 8.43. The summed E-state index contributed by atoms with van der Waals surface area (Å²) in [5.74, 6) is 0.413. The van der Waals surface area contributed by atoms with E-state index in [-0.39, 0.29) is 11.9 Å². The number of benzene rings is 1. The molecule has 0 bridgehead atoms. The normalized spacial score (nSPS) is 12.8. The van der Waals surface area contributed by atoms with Crippen LogP contribution in [0.3, 0.4) is 0 Å². The van der Waals surface area contributed by atoms with E-state index in [1.807, 2.05) is 30.5 Å². The highest BCUT2D eigenvalue weighted by atomic mass is 19.1. The Hall–Kier alpha value is -2.27. The number of hydrogen-bond donors (Lipinski definition) is 1. The summed E-state index contributed by atoms with van der Waals surface area (Å²) in [6.07, 6.45) is 1.80. The zero-order valence-corrected chi connectivity index (χ0v) is 12.0. The summed E-state index contributed by atoms with van der Waals surface area (Å²) in [6.45, 7) is 4.44. The zero-order valence-electron chi connectivity index (χ0n) is 12.0. The second kappa shape index (κ2) is 5.26. The molecule has 108 valence electrons. The molecule has 1 aromatic carbocycles. The first-order valence-electron chi connectivity index (χ1n) is 6.90. The van der Waals surface area contributed by atoms with Crippen LogP contribution in [0, 0.1) is 12.7 Å². The van der Waals surface area contributed by atoms with Gasteiger partial charge in [0, 0.05) is 24.3 Å². The lowest BCUT2D eigenvalue weighted by molar-refractivity contribution is 0.574. The van der Waals surface area contributed by atoms with Crippen LogP contribution in [-0.2, 0) is 0 Å². The van der Waals surface area contributed by atoms with Crippen LogP contribution in [0.15, 0.2) is 36.5 Å². The lowest BCUT2D eigenvalue weighted by atomic mass is 10.2. The van der Waals surface area contributed by atoms with Crippen LogP contribution < -0.4 is 5.73 Å². The number of nitrogens with zero attached hydrogens (tertiary/aromatic N) is 3. The van der Waals surface area contributed by atoms with E-state index in [1.54, 1.807) is 12.3 Å². The Bertz CT molecular complexity index is 794. The Morgan fingerprint density at radius 1 is 1.33 bits per heavy atom. The van der Waals surface area contributed by atoms with Gasteiger partial charge in [-0.05, 0) is 37.6 Å². The van der Waals surface area contributed by atoms with Crippen LogP contribution in [0.1, 0.15) is 18.5 Å². The van der Waals surface area contributed by atoms with Crippen molar-refractivity contribution >= 4 is 11.2 Å². The average molecular weight is 284 g/mol. The molecule has 1 atom stereocenters. The molecule has 0 saturated heterocycles. The van der Waals surface area contributed by atoms with Crippen molar-refractivity contribution in [3.8, 4) is 11.4 Å². The van der Waals surface area contributed by atoms with Gasteiger partial charge in [-0.15, -0.1) is 0 Å². The van der Waals surface area contributed by atoms with Crippen molar-refractivity contribution in [2.24, 2.45) is 5.73 Å². The molecule has 0 saturated carbocycles. The van der Waals surface area contributed by atoms with Crippen molar-refractivity contribution in [1.82, 2.24) is 14.5 Å². The summed E-state index contributed by atoms with van der Waals surface area (Å²) < 4.78 is 15.5. The van der Waals surface area contributed by atoms with E-state index in [2.05, 4.69) is 9.97 Å². The maximum Gasteiger partial charge on any atom is 0.160 e. The number of imidazole rings is 1. The molecule has 21 heavy (non-hydrogen) atoms. The summed E-state index contributed by atoms with van der Waals surface area (Å²) >= 11 is 0. The third kappa shape index (κ3) is 2.40. The van der Waals surface area contributed by atoms with Crippen molar-refractivity contribution in [3.63, 3.8) is 0 Å². The largest absolute Gasteiger partial charge is 0.328 e. The predicted octanol–water partition coefficient (Wildman–Crippen LogP) is 3.07. The number of hydrogen-bond acceptors (Lipinski definition) is 3. The summed E-state index contributed by atoms with van der Waals surface area (Å²) in [5, 5.41) is 0. The number of rotatable bonds is 3. The molecule has 2 aromatic heterocycles. The minimum atomic E-state index is -0.282. The first-order valence-corrected chi connectivity index (χ1v) is 6.90. The monoisotopic (exact) mass is 284 g/mol. The quantitative estimate of drug-likeness (QED) is 0.804. The van der Waals surface area contributed by atoms with Crippen LogP contribution in [0.25, 0.3) is 22.6 Å². The van der Waals surface area contributed by atoms with E-state index in [4.69, 9.17) is 5.73 Å². The summed E-state index contributed by atoms with van der Waals surface area (Å²) in [5.41, 5.74) is 9.15. The standard InChI is InChI=1S/C16H17FN4/c1-10-6-14-16(19-9-10)21(11(2)8-18)15(20-14)12-4-3-5-13(17)7-12/h3-7,9,11H,8,18H2,1-2H3. The fourth-order valence-electron chi connectivity index (χ4n) is 2.44. The lowest BCUT2D eigenvalue weighted by Crippen LogP contribution is -2.17. The van der Waals surface area contributed by atoms with Gasteiger partial charge in [0.1, 0.15) is 17.2 Å². The molecule has 0 amide bonds. The molecular formula is C16H17FN4. The van der Waals surface area contributed by atoms with Gasteiger partial charge in [0.25, 0.3) is 0 Å². The van der Waals surface area contributed by atoms with E-state index in [9.17, 15) is 4.39 Å². The molecule has 0 aliphatic rings. The number of aryl methyl sites for hydroxylation is 1. The van der Waals surface area contributed by atoms with Gasteiger partial charge in [0.05, 0.1) is 0 Å². The first-order chi connectivity index (χ1) is 10.1. The Morgan fingerprint density at radius 3 is 2.86 bits per heavy atom. The maximum atomic E-state index is 13.5. The number of pyridine rings is 1. The van der Waals surface area contributed by atoms with Crippen molar-refractivity contribution in [2.75, 3.05) is 6.54 Å². The number of fused-ring (bicyclic) bond motifs is 1. The minimum Gasteiger partial charge on any atom is -0.328 e. The summed E-state index contributed by atoms with van der Waals surface area (Å²) in [7, 11) is 0. The zero-order chi connectivity index (χ0) is 15.0. The predicted molar refractivity (Wildman–Crippen MR) is 81.4 cm³/mol. The average Bonchev–Trinajstić information content (AvgIpc) is 2.84. The molecule has 0 radical (unpaired) electrons. The molecule has 4 nitrogen and oxygen atoms in total. The van der Waals surface area contributed by atoms with E-state index < -0.39 is 0 Å². The second-order valence-electron chi connectivity index (χ2n) is 5.26. The number of nitrogens with two attached hydrogens (primary N) is 1. The molecular weight excluding hydrogens is 267 g/mol. The Labute approximate surface area is 122 Å². The molecule has 1 unspecified atom stereocenters. The van der Waals surface area contributed by atoms with Gasteiger partial charge in [0.2, 0.25) is 0 Å². The third-order valence-electron chi connectivity index (χ3n) is 3.53. The minimum absolute atomic E-state index is 0.0310. The molecule has 2 N–H and O–H groups in total. The van der Waals surface area contributed by atoms with Crippen molar-refractivity contribution in [1.29, 1.82) is 0 Å². The van der Waals surface area contributed by atoms with E-state index in [1.165, 1.54) is 12.1 Å². The van der Waals surface area contributed by atoms with Gasteiger partial charge >= 0.3 is 0 Å². The van der Waals surface area contributed by atoms with Gasteiger partial charge in [-0.2, -0.15) is 0 Å². The van der Waals surface area contributed by atoms with Crippen LogP contribution in [0.2, 0.25) is 0 Å². The summed E-state index contributed by atoms with van der Waals surface area (Å²) in [4.78, 5) is 9.10. The van der Waals surface area contributed by atoms with Crippen LogP contribution >= 0.6 is 0 Å². The topological polar surface area (TPSA) is 56.7 Å². The van der Waals surface area contributed by atoms with Crippen molar-refractivity contribution in [2.45, 2.75) is 19.9 Å².